The smallest absolute Gasteiger partial charge is 0.417 e. The van der Waals surface area contributed by atoms with Crippen LogP contribution in [0.4, 0.5) is 13.2 Å². The van der Waals surface area contributed by atoms with Crippen molar-refractivity contribution in [3.8, 4) is 11.6 Å². The first kappa shape index (κ1) is 13.9. The van der Waals surface area contributed by atoms with Crippen molar-refractivity contribution in [3.05, 3.63) is 47.1 Å². The highest BCUT2D eigenvalue weighted by atomic mass is 35.5. The Morgan fingerprint density at radius 3 is 2.32 bits per heavy atom. The normalized spacial score (nSPS) is 11.4. The molecule has 19 heavy (non-hydrogen) atoms. The van der Waals surface area contributed by atoms with Gasteiger partial charge in [-0.1, -0.05) is 28.9 Å². The van der Waals surface area contributed by atoms with Crippen LogP contribution in [0.2, 0.25) is 5.02 Å². The molecule has 3 radical (unpaired) electrons. The molecule has 1 aromatic carbocycles. The Labute approximate surface area is 115 Å². The summed E-state index contributed by atoms with van der Waals surface area (Å²) in [6.07, 6.45) is -3.80. The van der Waals surface area contributed by atoms with Crippen LogP contribution in [0.3, 0.4) is 0 Å². The number of rotatable bonds is 2. The highest BCUT2D eigenvalue weighted by Crippen LogP contribution is 2.34. The Bertz CT molecular complexity index is 587. The maximum Gasteiger partial charge on any atom is 0.417 e. The zero-order valence-corrected chi connectivity index (χ0v) is 11.1. The molecule has 2 rings (SSSR count). The molecular weight excluding hydrogens is 295 g/mol. The number of nitrogens with zero attached hydrogens (tertiary/aromatic N) is 1. The summed E-state index contributed by atoms with van der Waals surface area (Å²) in [4.78, 5) is 3.58. The molecule has 0 unspecified atom stereocenters. The molecule has 0 saturated heterocycles. The van der Waals surface area contributed by atoms with Gasteiger partial charge in [-0.2, -0.15) is 13.2 Å². The lowest BCUT2D eigenvalue weighted by molar-refractivity contribution is -0.137. The molecule has 0 aliphatic carbocycles. The van der Waals surface area contributed by atoms with Crippen molar-refractivity contribution in [2.45, 2.75) is 6.18 Å². The summed E-state index contributed by atoms with van der Waals surface area (Å²) in [6.45, 7) is 0. The van der Waals surface area contributed by atoms with E-state index in [-0.39, 0.29) is 10.9 Å². The molecular formula is C12H6ClF3NOSi. The predicted molar refractivity (Wildman–Crippen MR) is 66.2 cm³/mol. The number of hydrogen-bond acceptors (Lipinski definition) is 2. The number of benzene rings is 1. The van der Waals surface area contributed by atoms with Crippen LogP contribution in [0, 0.1) is 0 Å². The van der Waals surface area contributed by atoms with E-state index in [0.717, 1.165) is 11.3 Å². The minimum atomic E-state index is -4.48. The van der Waals surface area contributed by atoms with E-state index in [4.69, 9.17) is 16.3 Å². The molecule has 1 heterocycles. The van der Waals surface area contributed by atoms with Crippen LogP contribution in [0.15, 0.2) is 36.5 Å². The van der Waals surface area contributed by atoms with Crippen molar-refractivity contribution in [1.29, 1.82) is 0 Å². The summed E-state index contributed by atoms with van der Waals surface area (Å²) >= 11 is 5.72. The fourth-order valence-corrected chi connectivity index (χ4v) is 1.66. The maximum absolute atomic E-state index is 12.4. The highest BCUT2D eigenvalue weighted by Gasteiger charge is 2.31. The molecule has 0 aliphatic rings. The number of pyridine rings is 1. The molecule has 0 atom stereocenters. The van der Waals surface area contributed by atoms with Gasteiger partial charge in [0, 0.05) is 6.20 Å². The van der Waals surface area contributed by atoms with E-state index in [0.29, 0.717) is 11.9 Å². The lowest BCUT2D eigenvalue weighted by Gasteiger charge is -2.10. The lowest BCUT2D eigenvalue weighted by atomic mass is 10.3. The van der Waals surface area contributed by atoms with Gasteiger partial charge in [0.1, 0.15) is 10.8 Å². The zero-order valence-electron chi connectivity index (χ0n) is 9.33. The van der Waals surface area contributed by atoms with Crippen molar-refractivity contribution >= 4 is 27.0 Å². The number of halogens is 4. The second-order valence-corrected chi connectivity index (χ2v) is 4.62. The van der Waals surface area contributed by atoms with E-state index >= 15 is 0 Å². The van der Waals surface area contributed by atoms with Crippen molar-refractivity contribution in [3.63, 3.8) is 0 Å². The van der Waals surface area contributed by atoms with Gasteiger partial charge in [0.2, 0.25) is 5.88 Å². The molecule has 2 aromatic rings. The fraction of sp³-hybridized carbons (Fsp3) is 0.0833. The van der Waals surface area contributed by atoms with Gasteiger partial charge in [-0.05, 0) is 18.2 Å². The largest absolute Gasteiger partial charge is 0.438 e. The molecule has 0 bridgehead atoms. The third kappa shape index (κ3) is 3.48. The van der Waals surface area contributed by atoms with Crippen LogP contribution in [-0.2, 0) is 6.18 Å². The Morgan fingerprint density at radius 2 is 1.79 bits per heavy atom. The fourth-order valence-electron chi connectivity index (χ4n) is 1.29. The van der Waals surface area contributed by atoms with E-state index in [9.17, 15) is 13.2 Å². The summed E-state index contributed by atoms with van der Waals surface area (Å²) in [7, 11) is 3.30. The summed E-state index contributed by atoms with van der Waals surface area (Å²) in [5.41, 5.74) is -0.916. The van der Waals surface area contributed by atoms with E-state index in [1.165, 1.54) is 0 Å². The molecule has 0 amide bonds. The van der Waals surface area contributed by atoms with Crippen LogP contribution in [0.1, 0.15) is 5.56 Å². The first-order chi connectivity index (χ1) is 8.86. The van der Waals surface area contributed by atoms with Crippen molar-refractivity contribution < 1.29 is 17.9 Å². The Kier molecular flexibility index (Phi) is 3.82. The minimum Gasteiger partial charge on any atom is -0.438 e. The van der Waals surface area contributed by atoms with Crippen LogP contribution >= 0.6 is 11.6 Å². The van der Waals surface area contributed by atoms with Crippen LogP contribution in [0.25, 0.3) is 0 Å². The lowest BCUT2D eigenvalue weighted by Crippen LogP contribution is -2.06. The van der Waals surface area contributed by atoms with Gasteiger partial charge in [0.05, 0.1) is 15.8 Å². The van der Waals surface area contributed by atoms with Gasteiger partial charge in [-0.15, -0.1) is 0 Å². The second kappa shape index (κ2) is 5.22. The molecule has 0 aliphatic heterocycles. The number of alkyl halides is 3. The Morgan fingerprint density at radius 1 is 1.16 bits per heavy atom. The molecule has 0 saturated carbocycles. The minimum absolute atomic E-state index is 0.0728. The molecule has 0 spiro atoms. The first-order valence-corrected chi connectivity index (χ1v) is 5.96. The second-order valence-electron chi connectivity index (χ2n) is 3.64. The number of aromatic nitrogens is 1. The summed E-state index contributed by atoms with van der Waals surface area (Å²) in [6, 6.07) is 7.51. The SMILES string of the molecule is FC(F)(F)c1cnc(Oc2ccc([Si])cc2)c(Cl)c1. The zero-order chi connectivity index (χ0) is 14.0. The van der Waals surface area contributed by atoms with Crippen LogP contribution in [-0.4, -0.2) is 15.2 Å². The molecule has 2 nitrogen and oxygen atoms in total. The molecule has 0 N–H and O–H groups in total. The third-order valence-electron chi connectivity index (χ3n) is 2.20. The monoisotopic (exact) mass is 300 g/mol. The van der Waals surface area contributed by atoms with Crippen LogP contribution in [0.5, 0.6) is 11.6 Å². The van der Waals surface area contributed by atoms with E-state index < -0.39 is 11.7 Å². The molecule has 7 heteroatoms. The topological polar surface area (TPSA) is 22.1 Å². The highest BCUT2D eigenvalue weighted by molar-refractivity contribution is 6.32. The summed E-state index contributed by atoms with van der Waals surface area (Å²) in [5, 5.41) is 0.649. The standard InChI is InChI=1S/C12H6ClF3NOSi/c13-10-5-7(12(14,15)16)6-17-11(10)18-8-1-3-9(19)4-2-8/h1-6H. The van der Waals surface area contributed by atoms with Gasteiger partial charge >= 0.3 is 6.18 Å². The average molecular weight is 301 g/mol. The third-order valence-corrected chi connectivity index (χ3v) is 2.81. The molecule has 97 valence electrons. The van der Waals surface area contributed by atoms with Gasteiger partial charge in [-0.3, -0.25) is 0 Å². The van der Waals surface area contributed by atoms with Gasteiger partial charge in [-0.25, -0.2) is 4.98 Å². The summed E-state index contributed by atoms with van der Waals surface area (Å²) < 4.78 is 42.6. The summed E-state index contributed by atoms with van der Waals surface area (Å²) in [5.74, 6) is 0.354. The molecule has 0 fully saturated rings. The van der Waals surface area contributed by atoms with E-state index in [1.807, 2.05) is 0 Å². The number of hydrogen-bond donors (Lipinski definition) is 0. The number of ether oxygens (including phenoxy) is 1. The average Bonchev–Trinajstić information content (AvgIpc) is 2.33. The van der Waals surface area contributed by atoms with Gasteiger partial charge < -0.3 is 4.74 Å². The first-order valence-electron chi connectivity index (χ1n) is 5.08. The van der Waals surface area contributed by atoms with Crippen molar-refractivity contribution in [2.24, 2.45) is 0 Å². The van der Waals surface area contributed by atoms with Crippen molar-refractivity contribution in [1.82, 2.24) is 4.98 Å². The Balaban J connectivity index is 2.24. The quantitative estimate of drug-likeness (QED) is 0.794. The van der Waals surface area contributed by atoms with Gasteiger partial charge in [0.15, 0.2) is 0 Å². The van der Waals surface area contributed by atoms with Gasteiger partial charge in [0.25, 0.3) is 0 Å². The Hall–Kier alpha value is -1.53. The van der Waals surface area contributed by atoms with E-state index in [1.54, 1.807) is 24.3 Å². The van der Waals surface area contributed by atoms with Crippen LogP contribution < -0.4 is 9.92 Å². The maximum atomic E-state index is 12.4. The predicted octanol–water partition coefficient (Wildman–Crippen LogP) is 3.34. The van der Waals surface area contributed by atoms with Crippen molar-refractivity contribution in [2.75, 3.05) is 0 Å². The molecule has 1 aromatic heterocycles. The van der Waals surface area contributed by atoms with E-state index in [2.05, 4.69) is 15.2 Å².